The van der Waals surface area contributed by atoms with E-state index < -0.39 is 0 Å². The van der Waals surface area contributed by atoms with Gasteiger partial charge in [0.2, 0.25) is 0 Å². The highest BCUT2D eigenvalue weighted by Crippen LogP contribution is 2.33. The van der Waals surface area contributed by atoms with E-state index in [2.05, 4.69) is 11.2 Å². The lowest BCUT2D eigenvalue weighted by atomic mass is 9.94. The minimum Gasteiger partial charge on any atom is -0.497 e. The Balaban J connectivity index is 1.86. The maximum Gasteiger partial charge on any atom is 0.276 e. The Labute approximate surface area is 142 Å². The van der Waals surface area contributed by atoms with Gasteiger partial charge in [0.15, 0.2) is 5.69 Å². The summed E-state index contributed by atoms with van der Waals surface area (Å²) in [6, 6.07) is 9.79. The standard InChI is InChI=1S/C19H24N2O3/c1-13(2)18-12-16(20-24-18)19(22)21-10-5-4-9-17(21)14-7-6-8-15(11-14)23-3/h6-8,11-13,17H,4-5,9-10H2,1-3H3. The maximum atomic E-state index is 12.9. The molecule has 1 fully saturated rings. The zero-order valence-electron chi connectivity index (χ0n) is 14.5. The van der Waals surface area contributed by atoms with Crippen molar-refractivity contribution in [1.82, 2.24) is 10.1 Å². The van der Waals surface area contributed by atoms with Gasteiger partial charge in [0.25, 0.3) is 5.91 Å². The summed E-state index contributed by atoms with van der Waals surface area (Å²) in [5, 5.41) is 3.98. The van der Waals surface area contributed by atoms with Crippen LogP contribution in [0, 0.1) is 0 Å². The van der Waals surface area contributed by atoms with Crippen LogP contribution in [-0.2, 0) is 0 Å². The molecule has 0 aliphatic carbocycles. The second-order valence-electron chi connectivity index (χ2n) is 6.56. The molecule has 0 saturated carbocycles. The number of ether oxygens (including phenoxy) is 1. The Morgan fingerprint density at radius 3 is 2.88 bits per heavy atom. The monoisotopic (exact) mass is 328 g/mol. The van der Waals surface area contributed by atoms with Crippen LogP contribution in [0.3, 0.4) is 0 Å². The fraction of sp³-hybridized carbons (Fsp3) is 0.474. The molecule has 0 radical (unpaired) electrons. The molecular weight excluding hydrogens is 304 g/mol. The van der Waals surface area contributed by atoms with Crippen LogP contribution in [0.5, 0.6) is 5.75 Å². The predicted octanol–water partition coefficient (Wildman–Crippen LogP) is 4.17. The largest absolute Gasteiger partial charge is 0.497 e. The molecule has 1 aromatic carbocycles. The van der Waals surface area contributed by atoms with Crippen molar-refractivity contribution in [1.29, 1.82) is 0 Å². The second-order valence-corrected chi connectivity index (χ2v) is 6.56. The number of nitrogens with zero attached hydrogens (tertiary/aromatic N) is 2. The molecule has 0 bridgehead atoms. The third-order valence-electron chi connectivity index (χ3n) is 4.56. The molecular formula is C19H24N2O3. The Hall–Kier alpha value is -2.30. The number of rotatable bonds is 4. The van der Waals surface area contributed by atoms with E-state index in [-0.39, 0.29) is 17.9 Å². The molecule has 1 aliphatic heterocycles. The smallest absolute Gasteiger partial charge is 0.276 e. The zero-order chi connectivity index (χ0) is 17.1. The molecule has 24 heavy (non-hydrogen) atoms. The van der Waals surface area contributed by atoms with Gasteiger partial charge in [-0.15, -0.1) is 0 Å². The number of likely N-dealkylation sites (tertiary alicyclic amines) is 1. The Morgan fingerprint density at radius 2 is 2.17 bits per heavy atom. The van der Waals surface area contributed by atoms with Gasteiger partial charge in [-0.3, -0.25) is 4.79 Å². The third kappa shape index (κ3) is 3.30. The summed E-state index contributed by atoms with van der Waals surface area (Å²) in [6.07, 6.45) is 3.08. The topological polar surface area (TPSA) is 55.6 Å². The summed E-state index contributed by atoms with van der Waals surface area (Å²) >= 11 is 0. The fourth-order valence-electron chi connectivity index (χ4n) is 3.18. The number of amides is 1. The average molecular weight is 328 g/mol. The van der Waals surface area contributed by atoms with Crippen molar-refractivity contribution in [2.24, 2.45) is 0 Å². The van der Waals surface area contributed by atoms with Gasteiger partial charge in [-0.25, -0.2) is 0 Å². The fourth-order valence-corrected chi connectivity index (χ4v) is 3.18. The van der Waals surface area contributed by atoms with Crippen LogP contribution >= 0.6 is 0 Å². The van der Waals surface area contributed by atoms with Gasteiger partial charge in [0, 0.05) is 18.5 Å². The second kappa shape index (κ2) is 7.07. The van der Waals surface area contributed by atoms with Gasteiger partial charge in [-0.05, 0) is 37.0 Å². The highest BCUT2D eigenvalue weighted by molar-refractivity contribution is 5.92. The van der Waals surface area contributed by atoms with Crippen LogP contribution < -0.4 is 4.74 Å². The van der Waals surface area contributed by atoms with Crippen LogP contribution in [0.1, 0.15) is 66.9 Å². The van der Waals surface area contributed by atoms with Crippen molar-refractivity contribution in [3.8, 4) is 5.75 Å². The first kappa shape index (κ1) is 16.6. The molecule has 1 amide bonds. The van der Waals surface area contributed by atoms with Crippen LogP contribution in [0.25, 0.3) is 0 Å². The van der Waals surface area contributed by atoms with E-state index in [4.69, 9.17) is 9.26 Å². The highest BCUT2D eigenvalue weighted by Gasteiger charge is 2.30. The summed E-state index contributed by atoms with van der Waals surface area (Å²) in [6.45, 7) is 4.79. The number of aromatic nitrogens is 1. The number of hydrogen-bond acceptors (Lipinski definition) is 4. The number of carbonyl (C=O) groups is 1. The summed E-state index contributed by atoms with van der Waals surface area (Å²) in [5.41, 5.74) is 1.50. The number of piperidine rings is 1. The molecule has 128 valence electrons. The molecule has 1 unspecified atom stereocenters. The molecule has 3 rings (SSSR count). The Bertz CT molecular complexity index is 708. The molecule has 1 aliphatic rings. The van der Waals surface area contributed by atoms with E-state index in [0.29, 0.717) is 5.69 Å². The van der Waals surface area contributed by atoms with Gasteiger partial charge in [-0.2, -0.15) is 0 Å². The van der Waals surface area contributed by atoms with Crippen molar-refractivity contribution in [3.05, 3.63) is 47.3 Å². The SMILES string of the molecule is COc1cccc(C2CCCCN2C(=O)c2cc(C(C)C)on2)c1. The summed E-state index contributed by atoms with van der Waals surface area (Å²) in [7, 11) is 1.66. The van der Waals surface area contributed by atoms with Crippen molar-refractivity contribution in [3.63, 3.8) is 0 Å². The van der Waals surface area contributed by atoms with Gasteiger partial charge in [0.1, 0.15) is 11.5 Å². The zero-order valence-corrected chi connectivity index (χ0v) is 14.5. The maximum absolute atomic E-state index is 12.9. The molecule has 0 spiro atoms. The van der Waals surface area contributed by atoms with E-state index in [9.17, 15) is 4.79 Å². The van der Waals surface area contributed by atoms with Gasteiger partial charge in [-0.1, -0.05) is 31.1 Å². The number of carbonyl (C=O) groups excluding carboxylic acids is 1. The first-order valence-corrected chi connectivity index (χ1v) is 8.51. The normalized spacial score (nSPS) is 18.0. The molecule has 5 heteroatoms. The number of hydrogen-bond donors (Lipinski definition) is 0. The summed E-state index contributed by atoms with van der Waals surface area (Å²) in [5.74, 6) is 1.72. The van der Waals surface area contributed by atoms with Crippen LogP contribution in [0.15, 0.2) is 34.9 Å². The van der Waals surface area contributed by atoms with Crippen LogP contribution in [0.2, 0.25) is 0 Å². The molecule has 0 N–H and O–H groups in total. The predicted molar refractivity (Wildman–Crippen MR) is 91.2 cm³/mol. The lowest BCUT2D eigenvalue weighted by molar-refractivity contribution is 0.0600. The molecule has 1 saturated heterocycles. The van der Waals surface area contributed by atoms with Crippen molar-refractivity contribution in [2.75, 3.05) is 13.7 Å². The minimum absolute atomic E-state index is 0.0561. The van der Waals surface area contributed by atoms with E-state index in [1.165, 1.54) is 0 Å². The molecule has 2 aromatic rings. The average Bonchev–Trinajstić information content (AvgIpc) is 3.11. The van der Waals surface area contributed by atoms with Crippen LogP contribution in [0.4, 0.5) is 0 Å². The lowest BCUT2D eigenvalue weighted by Gasteiger charge is -2.35. The highest BCUT2D eigenvalue weighted by atomic mass is 16.5. The van der Waals surface area contributed by atoms with E-state index >= 15 is 0 Å². The van der Waals surface area contributed by atoms with Gasteiger partial charge < -0.3 is 14.2 Å². The molecule has 1 atom stereocenters. The lowest BCUT2D eigenvalue weighted by Crippen LogP contribution is -2.38. The summed E-state index contributed by atoms with van der Waals surface area (Å²) in [4.78, 5) is 14.9. The van der Waals surface area contributed by atoms with Crippen molar-refractivity contribution in [2.45, 2.75) is 45.1 Å². The Kier molecular flexibility index (Phi) is 4.88. The Morgan fingerprint density at radius 1 is 1.33 bits per heavy atom. The van der Waals surface area contributed by atoms with Gasteiger partial charge in [0.05, 0.1) is 13.2 Å². The quantitative estimate of drug-likeness (QED) is 0.845. The minimum atomic E-state index is -0.0573. The third-order valence-corrected chi connectivity index (χ3v) is 4.56. The molecule has 1 aromatic heterocycles. The number of methoxy groups -OCH3 is 1. The van der Waals surface area contributed by atoms with Crippen molar-refractivity contribution < 1.29 is 14.1 Å². The van der Waals surface area contributed by atoms with Gasteiger partial charge >= 0.3 is 0 Å². The molecule has 2 heterocycles. The van der Waals surface area contributed by atoms with E-state index in [1.54, 1.807) is 13.2 Å². The van der Waals surface area contributed by atoms with E-state index in [1.807, 2.05) is 36.9 Å². The van der Waals surface area contributed by atoms with E-state index in [0.717, 1.165) is 42.9 Å². The first-order valence-electron chi connectivity index (χ1n) is 8.51. The number of benzene rings is 1. The first-order chi connectivity index (χ1) is 11.6. The van der Waals surface area contributed by atoms with Crippen molar-refractivity contribution >= 4 is 5.91 Å². The van der Waals surface area contributed by atoms with Crippen LogP contribution in [-0.4, -0.2) is 29.6 Å². The summed E-state index contributed by atoms with van der Waals surface area (Å²) < 4.78 is 10.6. The molecule has 5 nitrogen and oxygen atoms in total.